The van der Waals surface area contributed by atoms with E-state index in [0.29, 0.717) is 11.9 Å². The average molecular weight is 560 g/mol. The Morgan fingerprint density at radius 3 is 2.37 bits per heavy atom. The van der Waals surface area contributed by atoms with Crippen molar-refractivity contribution in [2.45, 2.75) is 84.2 Å². The van der Waals surface area contributed by atoms with E-state index in [1.807, 2.05) is 84.0 Å². The van der Waals surface area contributed by atoms with Crippen molar-refractivity contribution in [3.05, 3.63) is 71.5 Å². The Hall–Kier alpha value is -3.11. The fraction of sp³-hybridized carbons (Fsp3) is 0.469. The van der Waals surface area contributed by atoms with E-state index < -0.39 is 36.2 Å². The maximum Gasteiger partial charge on any atom is 0.495 e. The van der Waals surface area contributed by atoms with Crippen molar-refractivity contribution in [3.63, 3.8) is 0 Å². The zero-order valence-electron chi connectivity index (χ0n) is 25.0. The molecule has 1 aromatic heterocycles. The second-order valence-electron chi connectivity index (χ2n) is 12.4. The molecule has 2 aromatic carbocycles. The molecule has 2 heterocycles. The maximum absolute atomic E-state index is 13.5. The summed E-state index contributed by atoms with van der Waals surface area (Å²) in [6.45, 7) is 12.1. The topological polar surface area (TPSA) is 127 Å². The summed E-state index contributed by atoms with van der Waals surface area (Å²) in [4.78, 5) is 30.3. The van der Waals surface area contributed by atoms with Gasteiger partial charge in [0.15, 0.2) is 0 Å². The van der Waals surface area contributed by atoms with Gasteiger partial charge in [0.2, 0.25) is 0 Å². The van der Waals surface area contributed by atoms with Gasteiger partial charge in [-0.1, -0.05) is 50.2 Å². The molecule has 9 heteroatoms. The first-order valence-corrected chi connectivity index (χ1v) is 14.3. The van der Waals surface area contributed by atoms with Crippen molar-refractivity contribution in [3.8, 4) is 0 Å². The summed E-state index contributed by atoms with van der Waals surface area (Å²) in [5, 5.41) is 2.05. The van der Waals surface area contributed by atoms with Gasteiger partial charge in [0.1, 0.15) is 18.4 Å². The number of ether oxygens (including phenoxy) is 1. The van der Waals surface area contributed by atoms with E-state index in [-0.39, 0.29) is 31.3 Å². The number of aromatic nitrogens is 1. The summed E-state index contributed by atoms with van der Waals surface area (Å²) >= 11 is 0. The van der Waals surface area contributed by atoms with Crippen molar-refractivity contribution >= 4 is 35.1 Å². The molecular weight excluding hydrogens is 517 g/mol. The quantitative estimate of drug-likeness (QED) is 0.268. The van der Waals surface area contributed by atoms with E-state index in [2.05, 4.69) is 4.98 Å². The van der Waals surface area contributed by atoms with Gasteiger partial charge in [0.25, 0.3) is 0 Å². The Morgan fingerprint density at radius 1 is 1.00 bits per heavy atom. The van der Waals surface area contributed by atoms with Crippen molar-refractivity contribution in [1.29, 1.82) is 0 Å². The number of carbonyl (C=O) groups is 2. The molecule has 0 bridgehead atoms. The molecule has 41 heavy (non-hydrogen) atoms. The predicted octanol–water partition coefficient (Wildman–Crippen LogP) is 3.80. The fourth-order valence-corrected chi connectivity index (χ4v) is 5.03. The number of pyridine rings is 1. The SMILES string of the molecule is CC(C)C[C@H](N)C(=O)OCc1ccc(C(CN)C(=O)Cc2ccc3cnccc3c2)cc1B1OC(C)(C)C(C)(C)O1. The van der Waals surface area contributed by atoms with Gasteiger partial charge in [-0.25, -0.2) is 0 Å². The molecule has 218 valence electrons. The van der Waals surface area contributed by atoms with E-state index >= 15 is 0 Å². The highest BCUT2D eigenvalue weighted by Crippen LogP contribution is 2.37. The number of nitrogens with zero attached hydrogens (tertiary/aromatic N) is 1. The van der Waals surface area contributed by atoms with Crippen LogP contribution in [0.5, 0.6) is 0 Å². The van der Waals surface area contributed by atoms with Gasteiger partial charge in [-0.3, -0.25) is 14.6 Å². The molecule has 2 atom stereocenters. The number of esters is 1. The van der Waals surface area contributed by atoms with E-state index in [4.69, 9.17) is 25.5 Å². The summed E-state index contributed by atoms with van der Waals surface area (Å²) in [6.07, 6.45) is 4.33. The molecular formula is C32H42BN3O5. The monoisotopic (exact) mass is 559 g/mol. The van der Waals surface area contributed by atoms with Gasteiger partial charge < -0.3 is 25.5 Å². The second-order valence-corrected chi connectivity index (χ2v) is 12.4. The first-order valence-electron chi connectivity index (χ1n) is 14.3. The molecule has 0 radical (unpaired) electrons. The molecule has 4 rings (SSSR count). The first-order chi connectivity index (χ1) is 19.3. The van der Waals surface area contributed by atoms with Gasteiger partial charge in [0.05, 0.1) is 17.1 Å². The largest absolute Gasteiger partial charge is 0.495 e. The molecule has 4 N–H and O–H groups in total. The van der Waals surface area contributed by atoms with Crippen molar-refractivity contribution in [2.75, 3.05) is 6.54 Å². The maximum atomic E-state index is 13.5. The number of carbonyl (C=O) groups excluding carboxylic acids is 2. The smallest absolute Gasteiger partial charge is 0.460 e. The van der Waals surface area contributed by atoms with Gasteiger partial charge in [-0.15, -0.1) is 0 Å². The molecule has 1 fully saturated rings. The van der Waals surface area contributed by atoms with Gasteiger partial charge in [0, 0.05) is 30.7 Å². The van der Waals surface area contributed by atoms with Gasteiger partial charge in [-0.05, 0) is 73.6 Å². The molecule has 1 unspecified atom stereocenters. The lowest BCUT2D eigenvalue weighted by molar-refractivity contribution is -0.146. The van der Waals surface area contributed by atoms with E-state index in [1.54, 1.807) is 12.4 Å². The normalized spacial score (nSPS) is 17.5. The van der Waals surface area contributed by atoms with Crippen LogP contribution in [0.1, 0.15) is 70.6 Å². The van der Waals surface area contributed by atoms with Crippen molar-refractivity contribution in [1.82, 2.24) is 4.98 Å². The number of ketones is 1. The summed E-state index contributed by atoms with van der Waals surface area (Å²) in [5.74, 6) is -0.696. The zero-order chi connectivity index (χ0) is 29.9. The van der Waals surface area contributed by atoms with E-state index in [9.17, 15) is 9.59 Å². The second kappa shape index (κ2) is 12.4. The molecule has 0 saturated carbocycles. The summed E-state index contributed by atoms with van der Waals surface area (Å²) in [6, 6.07) is 12.8. The predicted molar refractivity (Wildman–Crippen MR) is 162 cm³/mol. The minimum absolute atomic E-state index is 0.0114. The lowest BCUT2D eigenvalue weighted by Gasteiger charge is -2.32. The molecule has 1 aliphatic heterocycles. The van der Waals surface area contributed by atoms with E-state index in [0.717, 1.165) is 27.5 Å². The Bertz CT molecular complexity index is 1390. The first kappa shape index (κ1) is 30.8. The van der Waals surface area contributed by atoms with Crippen LogP contribution < -0.4 is 16.9 Å². The number of fused-ring (bicyclic) bond motifs is 1. The van der Waals surface area contributed by atoms with Crippen molar-refractivity contribution in [2.24, 2.45) is 17.4 Å². The fourth-order valence-electron chi connectivity index (χ4n) is 5.03. The molecule has 0 spiro atoms. The number of rotatable bonds is 11. The standard InChI is InChI=1S/C32H42BN3O5/c1-20(2)13-28(35)30(38)39-19-25-10-9-23(16-27(25)33-40-31(3,4)32(5,6)41-33)26(17-34)29(37)15-21-7-8-24-18-36-12-11-22(24)14-21/h7-12,14,16,18,20,26,28H,13,15,17,19,34-35H2,1-6H3/t26?,28-/m0/s1. The van der Waals surface area contributed by atoms with Crippen LogP contribution in [-0.2, 0) is 36.7 Å². The minimum atomic E-state index is -0.708. The Morgan fingerprint density at radius 2 is 1.71 bits per heavy atom. The highest BCUT2D eigenvalue weighted by molar-refractivity contribution is 6.62. The zero-order valence-corrected chi connectivity index (χ0v) is 25.0. The van der Waals surface area contributed by atoms with E-state index in [1.165, 1.54) is 0 Å². The molecule has 1 aliphatic rings. The molecule has 8 nitrogen and oxygen atoms in total. The van der Waals surface area contributed by atoms with Crippen LogP contribution in [0.3, 0.4) is 0 Å². The number of hydrogen-bond donors (Lipinski definition) is 2. The molecule has 0 aliphatic carbocycles. The molecule has 0 amide bonds. The van der Waals surface area contributed by atoms with Gasteiger partial charge >= 0.3 is 13.1 Å². The highest BCUT2D eigenvalue weighted by Gasteiger charge is 2.52. The van der Waals surface area contributed by atoms with Gasteiger partial charge in [-0.2, -0.15) is 0 Å². The molecule has 3 aromatic rings. The highest BCUT2D eigenvalue weighted by atomic mass is 16.7. The Labute approximate surface area is 243 Å². The minimum Gasteiger partial charge on any atom is -0.460 e. The molecule has 1 saturated heterocycles. The van der Waals surface area contributed by atoms with Crippen LogP contribution in [-0.4, -0.2) is 47.6 Å². The lowest BCUT2D eigenvalue weighted by Crippen LogP contribution is -2.41. The third-order valence-corrected chi connectivity index (χ3v) is 8.19. The third kappa shape index (κ3) is 7.04. The lowest BCUT2D eigenvalue weighted by atomic mass is 9.74. The Balaban J connectivity index is 1.61. The number of benzene rings is 2. The Kier molecular flexibility index (Phi) is 9.34. The van der Waals surface area contributed by atoms with Crippen LogP contribution in [0.25, 0.3) is 10.8 Å². The summed E-state index contributed by atoms with van der Waals surface area (Å²) < 4.78 is 18.3. The van der Waals surface area contributed by atoms with Crippen LogP contribution in [0.2, 0.25) is 0 Å². The number of nitrogens with two attached hydrogens (primary N) is 2. The summed E-state index contributed by atoms with van der Waals surface area (Å²) in [5.41, 5.74) is 14.2. The number of Topliss-reactive ketones (excluding diaryl/α,β-unsaturated/α-hetero) is 1. The van der Waals surface area contributed by atoms with Crippen LogP contribution in [0.15, 0.2) is 54.9 Å². The van der Waals surface area contributed by atoms with Crippen LogP contribution in [0.4, 0.5) is 0 Å². The van der Waals surface area contributed by atoms with Crippen molar-refractivity contribution < 1.29 is 23.6 Å². The van der Waals surface area contributed by atoms with Crippen LogP contribution >= 0.6 is 0 Å². The average Bonchev–Trinajstić information content (AvgIpc) is 3.13. The third-order valence-electron chi connectivity index (χ3n) is 8.19. The van der Waals surface area contributed by atoms with Crippen LogP contribution in [0, 0.1) is 5.92 Å². The number of hydrogen-bond acceptors (Lipinski definition) is 8. The summed E-state index contributed by atoms with van der Waals surface area (Å²) in [7, 11) is -0.708.